The second-order valence-corrected chi connectivity index (χ2v) is 16.8. The Labute approximate surface area is 256 Å². The van der Waals surface area contributed by atoms with Crippen molar-refractivity contribution < 1.29 is 14.4 Å². The number of carbonyl (C=O) groups excluding carboxylic acids is 1. The lowest BCUT2D eigenvalue weighted by atomic mass is 9.72. The molecule has 3 aliphatic heterocycles. The Bertz CT molecular complexity index is 940. The number of hydrogen-bond donors (Lipinski definition) is 3. The Balaban J connectivity index is 1.53. The van der Waals surface area contributed by atoms with Crippen LogP contribution in [0.25, 0.3) is 0 Å². The standard InChI is InChI=1S/C34H63N5O3/c1-29(2)23-27(24-30(3,4)36-29)39(41)35-21-18-22-38-28(40)33(25-31(5,6)37-32(7,8)26-33)42-34(38)19-16-14-12-10-9-11-13-15-17-20-34/h35-37H,9-26H2,1-8H3. The van der Waals surface area contributed by atoms with Crippen LogP contribution in [0.5, 0.6) is 0 Å². The van der Waals surface area contributed by atoms with Crippen molar-refractivity contribution >= 4 is 11.6 Å². The van der Waals surface area contributed by atoms with Gasteiger partial charge in [-0.25, -0.2) is 0 Å². The number of carbonyl (C=O) groups is 1. The monoisotopic (exact) mass is 589 g/mol. The topological polar surface area (TPSA) is 91.7 Å². The summed E-state index contributed by atoms with van der Waals surface area (Å²) in [5, 5.41) is 20.6. The zero-order chi connectivity index (χ0) is 30.9. The fourth-order valence-electron chi connectivity index (χ4n) is 9.21. The van der Waals surface area contributed by atoms with Gasteiger partial charge in [0.2, 0.25) is 0 Å². The third-order valence-corrected chi connectivity index (χ3v) is 9.85. The lowest BCUT2D eigenvalue weighted by Gasteiger charge is -2.50. The molecule has 4 rings (SSSR count). The summed E-state index contributed by atoms with van der Waals surface area (Å²) >= 11 is 0. The predicted molar refractivity (Wildman–Crippen MR) is 171 cm³/mol. The fraction of sp³-hybridized carbons (Fsp3) is 0.941. The SMILES string of the molecule is CC1(C)CC(=[N+]([O-])NCCCN2C(=O)C3(CC(C)(C)NC(C)(C)C3)OC23CCCCCCCCCCC3)CC(C)(C)N1. The van der Waals surface area contributed by atoms with E-state index in [0.29, 0.717) is 25.9 Å². The third kappa shape index (κ3) is 8.20. The van der Waals surface area contributed by atoms with Crippen LogP contribution >= 0.6 is 0 Å². The summed E-state index contributed by atoms with van der Waals surface area (Å²) in [7, 11) is 0. The van der Waals surface area contributed by atoms with Crippen LogP contribution in [0.1, 0.15) is 158 Å². The van der Waals surface area contributed by atoms with Gasteiger partial charge in [-0.05, 0) is 87.5 Å². The summed E-state index contributed by atoms with van der Waals surface area (Å²) in [6, 6.07) is 0. The molecule has 0 atom stereocenters. The molecule has 0 bridgehead atoms. The number of hydrazine groups is 1. The van der Waals surface area contributed by atoms with Gasteiger partial charge in [0.05, 0.1) is 6.54 Å². The van der Waals surface area contributed by atoms with E-state index in [9.17, 15) is 10.0 Å². The molecule has 0 aromatic rings. The summed E-state index contributed by atoms with van der Waals surface area (Å²) in [6.45, 7) is 18.6. The van der Waals surface area contributed by atoms with Crippen LogP contribution in [-0.2, 0) is 9.53 Å². The van der Waals surface area contributed by atoms with Gasteiger partial charge in [-0.1, -0.05) is 49.8 Å². The van der Waals surface area contributed by atoms with Crippen molar-refractivity contribution in [3.8, 4) is 0 Å². The highest BCUT2D eigenvalue weighted by atomic mass is 16.6. The van der Waals surface area contributed by atoms with Crippen LogP contribution in [0.3, 0.4) is 0 Å². The molecule has 8 heteroatoms. The molecule has 2 spiro atoms. The van der Waals surface area contributed by atoms with E-state index in [-0.39, 0.29) is 28.1 Å². The zero-order valence-corrected chi connectivity index (χ0v) is 28.3. The van der Waals surface area contributed by atoms with Crippen LogP contribution in [0.4, 0.5) is 0 Å². The summed E-state index contributed by atoms with van der Waals surface area (Å²) in [4.78, 5) is 17.7. The van der Waals surface area contributed by atoms with E-state index in [1.165, 1.54) is 44.9 Å². The highest BCUT2D eigenvalue weighted by Gasteiger charge is 2.64. The molecule has 3 heterocycles. The quantitative estimate of drug-likeness (QED) is 0.151. The number of hydrogen-bond acceptors (Lipinski definition) is 6. The minimum atomic E-state index is -0.796. The van der Waals surface area contributed by atoms with Crippen molar-refractivity contribution in [2.24, 2.45) is 0 Å². The fourth-order valence-corrected chi connectivity index (χ4v) is 9.21. The largest absolute Gasteiger partial charge is 0.597 e. The minimum Gasteiger partial charge on any atom is -0.597 e. The highest BCUT2D eigenvalue weighted by Crippen LogP contribution is 2.50. The van der Waals surface area contributed by atoms with Crippen molar-refractivity contribution in [3.05, 3.63) is 5.21 Å². The number of nitrogens with zero attached hydrogens (tertiary/aromatic N) is 2. The first-order chi connectivity index (χ1) is 19.5. The molecule has 4 fully saturated rings. The molecule has 242 valence electrons. The molecule has 1 saturated carbocycles. The van der Waals surface area contributed by atoms with Crippen molar-refractivity contribution in [1.29, 1.82) is 0 Å². The van der Waals surface area contributed by atoms with Crippen LogP contribution in [-0.4, -0.2) is 67.9 Å². The zero-order valence-electron chi connectivity index (χ0n) is 28.3. The average Bonchev–Trinajstić information content (AvgIpc) is 3.01. The molecule has 8 nitrogen and oxygen atoms in total. The Morgan fingerprint density at radius 3 is 1.71 bits per heavy atom. The molecular weight excluding hydrogens is 526 g/mol. The first-order valence-electron chi connectivity index (χ1n) is 17.1. The van der Waals surface area contributed by atoms with Crippen LogP contribution in [0, 0.1) is 5.21 Å². The predicted octanol–water partition coefficient (Wildman–Crippen LogP) is 6.31. The van der Waals surface area contributed by atoms with E-state index < -0.39 is 11.3 Å². The second kappa shape index (κ2) is 12.5. The van der Waals surface area contributed by atoms with Crippen LogP contribution in [0.15, 0.2) is 0 Å². The number of nitrogens with one attached hydrogen (secondary N) is 3. The molecule has 42 heavy (non-hydrogen) atoms. The lowest BCUT2D eigenvalue weighted by molar-refractivity contribution is -0.526. The summed E-state index contributed by atoms with van der Waals surface area (Å²) < 4.78 is 7.27. The molecule has 0 aromatic carbocycles. The highest BCUT2D eigenvalue weighted by molar-refractivity contribution is 5.88. The number of rotatable bonds is 5. The molecular formula is C34H63N5O3. The lowest BCUT2D eigenvalue weighted by Crippen LogP contribution is -2.65. The van der Waals surface area contributed by atoms with E-state index in [0.717, 1.165) is 55.5 Å². The summed E-state index contributed by atoms with van der Waals surface area (Å²) in [5.74, 6) is 0.174. The molecule has 3 saturated heterocycles. The van der Waals surface area contributed by atoms with E-state index in [1.807, 2.05) is 0 Å². The first kappa shape index (κ1) is 33.5. The van der Waals surface area contributed by atoms with Crippen LogP contribution in [0.2, 0.25) is 0 Å². The molecule has 0 unspecified atom stereocenters. The first-order valence-corrected chi connectivity index (χ1v) is 17.1. The van der Waals surface area contributed by atoms with Gasteiger partial charge in [-0.2, -0.15) is 5.43 Å². The van der Waals surface area contributed by atoms with Gasteiger partial charge in [0.1, 0.15) is 5.72 Å². The normalized spacial score (nSPS) is 28.7. The maximum Gasteiger partial charge on any atom is 0.257 e. The Morgan fingerprint density at radius 2 is 1.21 bits per heavy atom. The van der Waals surface area contributed by atoms with Crippen molar-refractivity contribution in [2.75, 3.05) is 13.1 Å². The van der Waals surface area contributed by atoms with Gasteiger partial charge in [-0.3, -0.25) is 4.79 Å². The smallest absolute Gasteiger partial charge is 0.257 e. The van der Waals surface area contributed by atoms with E-state index in [1.54, 1.807) is 0 Å². The Kier molecular flexibility index (Phi) is 10.0. The Morgan fingerprint density at radius 1 is 0.762 bits per heavy atom. The molecule has 3 N–H and O–H groups in total. The van der Waals surface area contributed by atoms with Gasteiger partial charge < -0.3 is 25.5 Å². The average molecular weight is 590 g/mol. The van der Waals surface area contributed by atoms with E-state index >= 15 is 0 Å². The van der Waals surface area contributed by atoms with Crippen molar-refractivity contribution in [2.45, 2.75) is 192 Å². The van der Waals surface area contributed by atoms with Crippen LogP contribution < -0.4 is 16.1 Å². The Hall–Kier alpha value is -1.38. The molecule has 0 radical (unpaired) electrons. The maximum absolute atomic E-state index is 14.6. The maximum atomic E-state index is 14.6. The van der Waals surface area contributed by atoms with Crippen molar-refractivity contribution in [1.82, 2.24) is 21.0 Å². The number of amides is 1. The second-order valence-electron chi connectivity index (χ2n) is 16.8. The van der Waals surface area contributed by atoms with E-state index in [2.05, 4.69) is 76.3 Å². The molecule has 1 amide bonds. The van der Waals surface area contributed by atoms with Gasteiger partial charge in [0.15, 0.2) is 11.3 Å². The number of hydrazone groups is 1. The van der Waals surface area contributed by atoms with E-state index in [4.69, 9.17) is 4.74 Å². The molecule has 4 aliphatic rings. The number of piperidine rings is 2. The van der Waals surface area contributed by atoms with Gasteiger partial charge in [0, 0.05) is 54.4 Å². The summed E-state index contributed by atoms with van der Waals surface area (Å²) in [5.41, 5.74) is 2.05. The molecule has 1 aliphatic carbocycles. The van der Waals surface area contributed by atoms with Crippen molar-refractivity contribution in [3.63, 3.8) is 0 Å². The van der Waals surface area contributed by atoms with Gasteiger partial charge >= 0.3 is 0 Å². The third-order valence-electron chi connectivity index (χ3n) is 9.85. The molecule has 0 aromatic heterocycles. The minimum absolute atomic E-state index is 0.120. The summed E-state index contributed by atoms with van der Waals surface area (Å²) in [6.07, 6.45) is 16.4. The van der Waals surface area contributed by atoms with Gasteiger partial charge in [-0.15, -0.1) is 0 Å². The number of ether oxygens (including phenoxy) is 1. The van der Waals surface area contributed by atoms with Gasteiger partial charge in [0.25, 0.3) is 5.91 Å².